The van der Waals surface area contributed by atoms with Crippen LogP contribution in [0.2, 0.25) is 0 Å². The molecule has 0 nitrogen and oxygen atoms in total. The summed E-state index contributed by atoms with van der Waals surface area (Å²) in [4.78, 5) is 0. The highest BCUT2D eigenvalue weighted by atomic mass is 35.5. The molecule has 2 aliphatic rings. The van der Waals surface area contributed by atoms with Crippen molar-refractivity contribution >= 4 is 11.6 Å². The topological polar surface area (TPSA) is 0 Å². The molecule has 0 heterocycles. The van der Waals surface area contributed by atoms with Gasteiger partial charge in [-0.1, -0.05) is 18.2 Å². The van der Waals surface area contributed by atoms with Crippen LogP contribution in [-0.4, -0.2) is 5.38 Å². The Morgan fingerprint density at radius 1 is 1.25 bits per heavy atom. The van der Waals surface area contributed by atoms with Gasteiger partial charge in [0, 0.05) is 5.38 Å². The lowest BCUT2D eigenvalue weighted by Gasteiger charge is -2.18. The van der Waals surface area contributed by atoms with Crippen LogP contribution in [0.15, 0.2) is 18.2 Å². The summed E-state index contributed by atoms with van der Waals surface area (Å²) in [5.74, 6) is 0. The predicted molar refractivity (Wildman–Crippen MR) is 69.2 cm³/mol. The number of aryl methyl sites for hydroxylation is 2. The molecule has 3 rings (SSSR count). The van der Waals surface area contributed by atoms with Gasteiger partial charge < -0.3 is 0 Å². The monoisotopic (exact) mass is 234 g/mol. The normalized spacial score (nSPS) is 22.9. The molecule has 86 valence electrons. The molecule has 0 spiro atoms. The first-order valence-corrected chi connectivity index (χ1v) is 6.88. The average molecular weight is 235 g/mol. The SMILES string of the molecule is CC(Cl)C1(Cc2ccc3c(c2)CCC3)CC1. The predicted octanol–water partition coefficient (Wildman–Crippen LogP) is 4.13. The van der Waals surface area contributed by atoms with E-state index in [-0.39, 0.29) is 0 Å². The minimum absolute atomic E-state index is 0.320. The zero-order valence-corrected chi connectivity index (χ0v) is 10.7. The fourth-order valence-corrected chi connectivity index (χ4v) is 3.31. The van der Waals surface area contributed by atoms with Gasteiger partial charge in [0.05, 0.1) is 0 Å². The van der Waals surface area contributed by atoms with Gasteiger partial charge in [-0.3, -0.25) is 0 Å². The van der Waals surface area contributed by atoms with Crippen LogP contribution in [0, 0.1) is 5.41 Å². The van der Waals surface area contributed by atoms with Crippen LogP contribution in [0.3, 0.4) is 0 Å². The van der Waals surface area contributed by atoms with Gasteiger partial charge in [-0.25, -0.2) is 0 Å². The molecule has 1 aromatic rings. The summed E-state index contributed by atoms with van der Waals surface area (Å²) in [6.07, 6.45) is 7.73. The number of hydrogen-bond acceptors (Lipinski definition) is 0. The van der Waals surface area contributed by atoms with Gasteiger partial charge in [-0.15, -0.1) is 11.6 Å². The van der Waals surface area contributed by atoms with Crippen LogP contribution in [0.1, 0.15) is 42.9 Å². The van der Waals surface area contributed by atoms with Crippen LogP contribution in [-0.2, 0) is 19.3 Å². The van der Waals surface area contributed by atoms with Gasteiger partial charge in [0.15, 0.2) is 0 Å². The fraction of sp³-hybridized carbons (Fsp3) is 0.600. The number of rotatable bonds is 3. The molecule has 0 saturated heterocycles. The summed E-state index contributed by atoms with van der Waals surface area (Å²) in [6, 6.07) is 7.10. The zero-order valence-electron chi connectivity index (χ0n) is 9.93. The second-order valence-corrected chi connectivity index (χ2v) is 6.27. The van der Waals surface area contributed by atoms with Crippen molar-refractivity contribution < 1.29 is 0 Å². The third-order valence-corrected chi connectivity index (χ3v) is 4.92. The van der Waals surface area contributed by atoms with Crippen molar-refractivity contribution in [1.29, 1.82) is 0 Å². The largest absolute Gasteiger partial charge is 0.123 e. The molecule has 1 heteroatoms. The molecule has 0 bridgehead atoms. The lowest BCUT2D eigenvalue weighted by Crippen LogP contribution is -2.15. The first-order valence-electron chi connectivity index (χ1n) is 6.44. The number of fused-ring (bicyclic) bond motifs is 1. The van der Waals surface area contributed by atoms with Gasteiger partial charge in [0.25, 0.3) is 0 Å². The van der Waals surface area contributed by atoms with Crippen molar-refractivity contribution in [3.05, 3.63) is 34.9 Å². The van der Waals surface area contributed by atoms with Crippen molar-refractivity contribution in [2.45, 2.75) is 50.8 Å². The van der Waals surface area contributed by atoms with Gasteiger partial charge in [-0.2, -0.15) is 0 Å². The Morgan fingerprint density at radius 3 is 2.69 bits per heavy atom. The molecule has 2 aliphatic carbocycles. The summed E-state index contributed by atoms with van der Waals surface area (Å²) in [5, 5.41) is 0.320. The van der Waals surface area contributed by atoms with E-state index in [1.165, 1.54) is 44.1 Å². The minimum atomic E-state index is 0.320. The van der Waals surface area contributed by atoms with E-state index in [1.54, 1.807) is 11.1 Å². The maximum atomic E-state index is 6.30. The van der Waals surface area contributed by atoms with Crippen LogP contribution in [0.4, 0.5) is 0 Å². The van der Waals surface area contributed by atoms with E-state index < -0.39 is 0 Å². The first kappa shape index (κ1) is 10.7. The number of hydrogen-bond donors (Lipinski definition) is 0. The van der Waals surface area contributed by atoms with Crippen LogP contribution in [0.25, 0.3) is 0 Å². The second-order valence-electron chi connectivity index (χ2n) is 5.61. The highest BCUT2D eigenvalue weighted by Crippen LogP contribution is 2.53. The molecular formula is C15H19Cl. The Bertz CT molecular complexity index is 402. The lowest BCUT2D eigenvalue weighted by atomic mass is 9.92. The number of alkyl halides is 1. The molecule has 0 radical (unpaired) electrons. The van der Waals surface area contributed by atoms with Gasteiger partial charge in [0.2, 0.25) is 0 Å². The highest BCUT2D eigenvalue weighted by molar-refractivity contribution is 6.21. The standard InChI is InChI=1S/C15H19Cl/c1-11(16)15(7-8-15)10-12-5-6-13-3-2-4-14(13)9-12/h5-6,9,11H,2-4,7-8,10H2,1H3. The molecule has 1 fully saturated rings. The Labute approximate surface area is 103 Å². The third kappa shape index (κ3) is 1.78. The Kier molecular flexibility index (Phi) is 2.51. The van der Waals surface area contributed by atoms with Crippen molar-refractivity contribution in [2.75, 3.05) is 0 Å². The summed E-state index contributed by atoms with van der Waals surface area (Å²) in [5.41, 5.74) is 5.10. The van der Waals surface area contributed by atoms with Crippen molar-refractivity contribution in [3.8, 4) is 0 Å². The number of halogens is 1. The van der Waals surface area contributed by atoms with Crippen molar-refractivity contribution in [2.24, 2.45) is 5.41 Å². The maximum absolute atomic E-state index is 6.30. The zero-order chi connectivity index (χ0) is 11.2. The van der Waals surface area contributed by atoms with E-state index in [9.17, 15) is 0 Å². The minimum Gasteiger partial charge on any atom is -0.123 e. The average Bonchev–Trinajstić information content (AvgIpc) is 2.90. The Hall–Kier alpha value is -0.490. The molecule has 1 saturated carbocycles. The molecule has 0 aromatic heterocycles. The third-order valence-electron chi connectivity index (χ3n) is 4.46. The molecule has 1 atom stereocenters. The molecule has 0 amide bonds. The second kappa shape index (κ2) is 3.77. The Balaban J connectivity index is 1.81. The lowest BCUT2D eigenvalue weighted by molar-refractivity contribution is 0.496. The number of benzene rings is 1. The van der Waals surface area contributed by atoms with Gasteiger partial charge in [0.1, 0.15) is 0 Å². The molecular weight excluding hydrogens is 216 g/mol. The Morgan fingerprint density at radius 2 is 2.00 bits per heavy atom. The quantitative estimate of drug-likeness (QED) is 0.690. The molecule has 16 heavy (non-hydrogen) atoms. The highest BCUT2D eigenvalue weighted by Gasteiger charge is 2.46. The van der Waals surface area contributed by atoms with Crippen LogP contribution >= 0.6 is 11.6 Å². The van der Waals surface area contributed by atoms with Crippen molar-refractivity contribution in [1.82, 2.24) is 0 Å². The summed E-state index contributed by atoms with van der Waals surface area (Å²) in [7, 11) is 0. The van der Waals surface area contributed by atoms with E-state index in [2.05, 4.69) is 25.1 Å². The van der Waals surface area contributed by atoms with E-state index >= 15 is 0 Å². The van der Waals surface area contributed by atoms with Gasteiger partial charge >= 0.3 is 0 Å². The molecule has 1 unspecified atom stereocenters. The maximum Gasteiger partial charge on any atom is 0.0367 e. The summed E-state index contributed by atoms with van der Waals surface area (Å²) < 4.78 is 0. The molecule has 0 N–H and O–H groups in total. The smallest absolute Gasteiger partial charge is 0.0367 e. The van der Waals surface area contributed by atoms with Gasteiger partial charge in [-0.05, 0) is 67.6 Å². The fourth-order valence-electron chi connectivity index (χ4n) is 3.02. The van der Waals surface area contributed by atoms with Crippen molar-refractivity contribution in [3.63, 3.8) is 0 Å². The van der Waals surface area contributed by atoms with Crippen LogP contribution in [0.5, 0.6) is 0 Å². The summed E-state index contributed by atoms with van der Waals surface area (Å²) in [6.45, 7) is 2.15. The van der Waals surface area contributed by atoms with Crippen LogP contribution < -0.4 is 0 Å². The first-order chi connectivity index (χ1) is 7.70. The van der Waals surface area contributed by atoms with E-state index in [4.69, 9.17) is 11.6 Å². The summed E-state index contributed by atoms with van der Waals surface area (Å²) >= 11 is 6.30. The van der Waals surface area contributed by atoms with E-state index in [1.807, 2.05) is 0 Å². The molecule has 1 aromatic carbocycles. The molecule has 0 aliphatic heterocycles. The van der Waals surface area contributed by atoms with E-state index in [0.717, 1.165) is 0 Å². The van der Waals surface area contributed by atoms with E-state index in [0.29, 0.717) is 10.8 Å².